The number of primary amides is 1. The molecular formula is C20H26IN5O. The van der Waals surface area contributed by atoms with Gasteiger partial charge < -0.3 is 20.9 Å². The molecule has 3 rings (SSSR count). The number of piperazine rings is 1. The Bertz CT molecular complexity index is 773. The first-order chi connectivity index (χ1) is 12.7. The third-order valence-electron chi connectivity index (χ3n) is 4.57. The van der Waals surface area contributed by atoms with E-state index in [1.807, 2.05) is 24.3 Å². The fourth-order valence-corrected chi connectivity index (χ4v) is 3.16. The van der Waals surface area contributed by atoms with Gasteiger partial charge in [0.2, 0.25) is 5.91 Å². The van der Waals surface area contributed by atoms with Gasteiger partial charge in [-0.15, -0.1) is 24.0 Å². The zero-order chi connectivity index (χ0) is 18.4. The van der Waals surface area contributed by atoms with E-state index in [2.05, 4.69) is 44.4 Å². The second-order valence-corrected chi connectivity index (χ2v) is 6.28. The lowest BCUT2D eigenvalue weighted by molar-refractivity contribution is 0.1000. The second-order valence-electron chi connectivity index (χ2n) is 6.28. The van der Waals surface area contributed by atoms with E-state index >= 15 is 0 Å². The molecule has 144 valence electrons. The number of aliphatic imine (C=N–C) groups is 1. The third-order valence-corrected chi connectivity index (χ3v) is 4.57. The van der Waals surface area contributed by atoms with Gasteiger partial charge in [-0.1, -0.05) is 30.3 Å². The summed E-state index contributed by atoms with van der Waals surface area (Å²) < 4.78 is 0. The normalized spacial score (nSPS) is 14.5. The molecule has 2 aromatic rings. The van der Waals surface area contributed by atoms with Crippen molar-refractivity contribution >= 4 is 41.5 Å². The molecule has 0 radical (unpaired) electrons. The highest BCUT2D eigenvalue weighted by Gasteiger charge is 2.19. The molecule has 1 fully saturated rings. The molecule has 0 aromatic heterocycles. The number of hydrogen-bond acceptors (Lipinski definition) is 3. The molecule has 2 aromatic carbocycles. The van der Waals surface area contributed by atoms with Crippen molar-refractivity contribution in [3.63, 3.8) is 0 Å². The maximum absolute atomic E-state index is 11.3. The Balaban J connectivity index is 0.00000261. The maximum atomic E-state index is 11.3. The first kappa shape index (κ1) is 21.0. The van der Waals surface area contributed by atoms with Crippen LogP contribution in [0.2, 0.25) is 0 Å². The summed E-state index contributed by atoms with van der Waals surface area (Å²) in [6.07, 6.45) is 0. The monoisotopic (exact) mass is 479 g/mol. The quantitative estimate of drug-likeness (QED) is 0.401. The van der Waals surface area contributed by atoms with Gasteiger partial charge in [0, 0.05) is 51.0 Å². The molecule has 0 aliphatic carbocycles. The van der Waals surface area contributed by atoms with Gasteiger partial charge in [-0.3, -0.25) is 9.79 Å². The number of guanidine groups is 1. The van der Waals surface area contributed by atoms with Crippen LogP contribution in [0.3, 0.4) is 0 Å². The van der Waals surface area contributed by atoms with Gasteiger partial charge in [-0.25, -0.2) is 0 Å². The smallest absolute Gasteiger partial charge is 0.248 e. The summed E-state index contributed by atoms with van der Waals surface area (Å²) in [7, 11) is 1.80. The van der Waals surface area contributed by atoms with Crippen LogP contribution in [0.15, 0.2) is 59.6 Å². The number of para-hydroxylation sites is 1. The zero-order valence-electron chi connectivity index (χ0n) is 15.5. The van der Waals surface area contributed by atoms with Gasteiger partial charge in [-0.2, -0.15) is 0 Å². The third kappa shape index (κ3) is 5.59. The molecule has 0 spiro atoms. The van der Waals surface area contributed by atoms with Crippen LogP contribution >= 0.6 is 24.0 Å². The van der Waals surface area contributed by atoms with Crippen molar-refractivity contribution in [1.82, 2.24) is 10.2 Å². The Morgan fingerprint density at radius 2 is 1.78 bits per heavy atom. The molecule has 0 unspecified atom stereocenters. The summed E-state index contributed by atoms with van der Waals surface area (Å²) in [6, 6.07) is 17.8. The van der Waals surface area contributed by atoms with E-state index in [1.54, 1.807) is 13.1 Å². The second kappa shape index (κ2) is 10.1. The van der Waals surface area contributed by atoms with Crippen LogP contribution in [0.5, 0.6) is 0 Å². The van der Waals surface area contributed by atoms with Crippen molar-refractivity contribution in [3.05, 3.63) is 65.7 Å². The van der Waals surface area contributed by atoms with E-state index in [4.69, 9.17) is 5.73 Å². The molecule has 27 heavy (non-hydrogen) atoms. The minimum absolute atomic E-state index is 0. The number of benzene rings is 2. The Labute approximate surface area is 177 Å². The first-order valence-electron chi connectivity index (χ1n) is 8.81. The number of carbonyl (C=O) groups excluding carboxylic acids is 1. The number of halogens is 1. The highest BCUT2D eigenvalue weighted by molar-refractivity contribution is 14.0. The molecule has 0 saturated carbocycles. The van der Waals surface area contributed by atoms with E-state index in [-0.39, 0.29) is 24.0 Å². The fraction of sp³-hybridized carbons (Fsp3) is 0.300. The molecule has 6 nitrogen and oxygen atoms in total. The molecule has 7 heteroatoms. The molecule has 0 bridgehead atoms. The predicted molar refractivity (Wildman–Crippen MR) is 121 cm³/mol. The molecule has 0 atom stereocenters. The van der Waals surface area contributed by atoms with Crippen molar-refractivity contribution in [1.29, 1.82) is 0 Å². The average Bonchev–Trinajstić information content (AvgIpc) is 2.70. The number of nitrogens with one attached hydrogen (secondary N) is 1. The molecule has 1 heterocycles. The van der Waals surface area contributed by atoms with Crippen LogP contribution in [-0.4, -0.2) is 50.0 Å². The standard InChI is InChI=1S/C20H25N5O.HI/c1-22-20(23-15-16-6-5-7-17(14-16)19(21)26)25-12-10-24(11-13-25)18-8-3-2-4-9-18;/h2-9,14H,10-13,15H2,1H3,(H2,21,26)(H,22,23);1H. The van der Waals surface area contributed by atoms with Crippen molar-refractivity contribution in [2.45, 2.75) is 6.54 Å². The largest absolute Gasteiger partial charge is 0.368 e. The van der Waals surface area contributed by atoms with E-state index in [9.17, 15) is 4.79 Å². The van der Waals surface area contributed by atoms with E-state index in [0.717, 1.165) is 37.7 Å². The van der Waals surface area contributed by atoms with Gasteiger partial charge in [0.1, 0.15) is 0 Å². The zero-order valence-corrected chi connectivity index (χ0v) is 17.8. The van der Waals surface area contributed by atoms with Gasteiger partial charge in [0.15, 0.2) is 5.96 Å². The van der Waals surface area contributed by atoms with E-state index in [0.29, 0.717) is 12.1 Å². The number of nitrogens with zero attached hydrogens (tertiary/aromatic N) is 3. The average molecular weight is 479 g/mol. The minimum Gasteiger partial charge on any atom is -0.368 e. The molecule has 3 N–H and O–H groups in total. The van der Waals surface area contributed by atoms with E-state index < -0.39 is 5.91 Å². The van der Waals surface area contributed by atoms with Gasteiger partial charge in [0.05, 0.1) is 0 Å². The number of hydrogen-bond donors (Lipinski definition) is 2. The molecule has 1 aliphatic rings. The Morgan fingerprint density at radius 1 is 1.07 bits per heavy atom. The predicted octanol–water partition coefficient (Wildman–Crippen LogP) is 2.30. The number of nitrogens with two attached hydrogens (primary N) is 1. The highest BCUT2D eigenvalue weighted by atomic mass is 127. The molecule has 1 saturated heterocycles. The van der Waals surface area contributed by atoms with Crippen molar-refractivity contribution < 1.29 is 4.79 Å². The number of anilines is 1. The van der Waals surface area contributed by atoms with Crippen LogP contribution in [0.4, 0.5) is 5.69 Å². The van der Waals surface area contributed by atoms with Crippen molar-refractivity contribution in [3.8, 4) is 0 Å². The summed E-state index contributed by atoms with van der Waals surface area (Å²) in [6.45, 7) is 4.35. The van der Waals surface area contributed by atoms with Gasteiger partial charge >= 0.3 is 0 Å². The van der Waals surface area contributed by atoms with Crippen molar-refractivity contribution in [2.75, 3.05) is 38.1 Å². The van der Waals surface area contributed by atoms with Crippen LogP contribution in [0, 0.1) is 0 Å². The summed E-state index contributed by atoms with van der Waals surface area (Å²) in [5, 5.41) is 3.38. The first-order valence-corrected chi connectivity index (χ1v) is 8.81. The summed E-state index contributed by atoms with van der Waals surface area (Å²) in [4.78, 5) is 20.4. The number of rotatable bonds is 4. The summed E-state index contributed by atoms with van der Waals surface area (Å²) >= 11 is 0. The van der Waals surface area contributed by atoms with Crippen LogP contribution in [0.1, 0.15) is 15.9 Å². The molecular weight excluding hydrogens is 453 g/mol. The van der Waals surface area contributed by atoms with Crippen molar-refractivity contribution in [2.24, 2.45) is 10.7 Å². The highest BCUT2D eigenvalue weighted by Crippen LogP contribution is 2.15. The van der Waals surface area contributed by atoms with Crippen LogP contribution < -0.4 is 16.0 Å². The van der Waals surface area contributed by atoms with E-state index in [1.165, 1.54) is 5.69 Å². The lowest BCUT2D eigenvalue weighted by Gasteiger charge is -2.37. The lowest BCUT2D eigenvalue weighted by Crippen LogP contribution is -2.52. The Morgan fingerprint density at radius 3 is 2.41 bits per heavy atom. The molecule has 1 amide bonds. The maximum Gasteiger partial charge on any atom is 0.248 e. The van der Waals surface area contributed by atoms with Gasteiger partial charge in [0.25, 0.3) is 0 Å². The Hall–Kier alpha value is -2.29. The SMILES string of the molecule is CN=C(NCc1cccc(C(N)=O)c1)N1CCN(c2ccccc2)CC1.I. The number of amides is 1. The topological polar surface area (TPSA) is 74.0 Å². The fourth-order valence-electron chi connectivity index (χ4n) is 3.16. The summed E-state index contributed by atoms with van der Waals surface area (Å²) in [5.74, 6) is 0.468. The number of carbonyl (C=O) groups is 1. The minimum atomic E-state index is -0.409. The Kier molecular flexibility index (Phi) is 7.90. The van der Waals surface area contributed by atoms with Crippen LogP contribution in [0.25, 0.3) is 0 Å². The lowest BCUT2D eigenvalue weighted by atomic mass is 10.1. The van der Waals surface area contributed by atoms with Crippen LogP contribution in [-0.2, 0) is 6.54 Å². The molecule has 1 aliphatic heterocycles. The summed E-state index contributed by atoms with van der Waals surface area (Å²) in [5.41, 5.74) is 8.14. The van der Waals surface area contributed by atoms with Gasteiger partial charge in [-0.05, 0) is 29.8 Å².